The maximum Gasteiger partial charge on any atom is 0.450 e. The molecule has 0 aromatic rings. The second-order valence-corrected chi connectivity index (χ2v) is 1.83. The summed E-state index contributed by atoms with van der Waals surface area (Å²) in [6.07, 6.45) is -4.52. The molecule has 0 fully saturated rings. The van der Waals surface area contributed by atoms with E-state index in [0.29, 0.717) is 0 Å². The van der Waals surface area contributed by atoms with Crippen LogP contribution in [0.2, 0.25) is 0 Å². The normalized spacial score (nSPS) is 13.5. The molecule has 0 amide bonds. The van der Waals surface area contributed by atoms with Crippen LogP contribution in [-0.2, 0) is 0 Å². The van der Waals surface area contributed by atoms with Crippen molar-refractivity contribution in [1.82, 2.24) is 5.01 Å². The van der Waals surface area contributed by atoms with E-state index in [2.05, 4.69) is 10.8 Å². The highest BCUT2D eigenvalue weighted by molar-refractivity contribution is 5.85. The number of hydrazone groups is 1. The van der Waals surface area contributed by atoms with Crippen LogP contribution in [0, 0.1) is 0 Å². The Kier molecular flexibility index (Phi) is 2.50. The van der Waals surface area contributed by atoms with E-state index in [9.17, 15) is 13.2 Å². The van der Waals surface area contributed by atoms with Crippen LogP contribution in [0.15, 0.2) is 5.10 Å². The van der Waals surface area contributed by atoms with E-state index in [0.717, 1.165) is 5.01 Å². The zero-order chi connectivity index (χ0) is 8.36. The summed E-state index contributed by atoms with van der Waals surface area (Å²) in [6, 6.07) is 0. The molecule has 0 aliphatic rings. The molecular formula is C4H8F3N3. The minimum absolute atomic E-state index is 0.989. The third kappa shape index (κ3) is 3.16. The Morgan fingerprint density at radius 2 is 1.80 bits per heavy atom. The quantitative estimate of drug-likeness (QED) is 0.338. The van der Waals surface area contributed by atoms with Crippen molar-refractivity contribution in [3.05, 3.63) is 0 Å². The number of nitrogens with zero attached hydrogens (tertiary/aromatic N) is 2. The maximum absolute atomic E-state index is 11.5. The van der Waals surface area contributed by atoms with Crippen molar-refractivity contribution in [3.8, 4) is 0 Å². The average Bonchev–Trinajstić information content (AvgIpc) is 1.60. The van der Waals surface area contributed by atoms with Gasteiger partial charge in [-0.15, -0.1) is 0 Å². The van der Waals surface area contributed by atoms with Gasteiger partial charge in [-0.1, -0.05) is 0 Å². The molecule has 0 spiro atoms. The number of amidine groups is 1. The number of nitrogens with two attached hydrogens (primary N) is 1. The molecule has 0 heterocycles. The first-order valence-electron chi connectivity index (χ1n) is 2.42. The summed E-state index contributed by atoms with van der Waals surface area (Å²) < 4.78 is 34.6. The lowest BCUT2D eigenvalue weighted by atomic mass is 10.6. The SMILES string of the molecule is CN(C)N=C(N)C(F)(F)F. The Morgan fingerprint density at radius 1 is 1.40 bits per heavy atom. The zero-order valence-corrected chi connectivity index (χ0v) is 5.61. The first kappa shape index (κ1) is 9.06. The second-order valence-electron chi connectivity index (χ2n) is 1.83. The summed E-state index contributed by atoms with van der Waals surface area (Å²) in [5.74, 6) is -1.34. The fraction of sp³-hybridized carbons (Fsp3) is 0.750. The van der Waals surface area contributed by atoms with Gasteiger partial charge in [0.25, 0.3) is 0 Å². The molecule has 0 rings (SSSR count). The molecule has 10 heavy (non-hydrogen) atoms. The van der Waals surface area contributed by atoms with Crippen molar-refractivity contribution in [2.75, 3.05) is 14.1 Å². The van der Waals surface area contributed by atoms with Crippen molar-refractivity contribution in [3.63, 3.8) is 0 Å². The van der Waals surface area contributed by atoms with Gasteiger partial charge >= 0.3 is 6.18 Å². The Bertz CT molecular complexity index is 137. The van der Waals surface area contributed by atoms with Crippen molar-refractivity contribution in [1.29, 1.82) is 0 Å². The van der Waals surface area contributed by atoms with Gasteiger partial charge in [-0.05, 0) is 0 Å². The molecule has 0 saturated heterocycles. The van der Waals surface area contributed by atoms with Gasteiger partial charge in [0, 0.05) is 14.1 Å². The van der Waals surface area contributed by atoms with E-state index < -0.39 is 12.0 Å². The van der Waals surface area contributed by atoms with Crippen molar-refractivity contribution >= 4 is 5.84 Å². The highest BCUT2D eigenvalue weighted by Crippen LogP contribution is 2.14. The van der Waals surface area contributed by atoms with Crippen LogP contribution in [0.5, 0.6) is 0 Å². The summed E-state index contributed by atoms with van der Waals surface area (Å²) in [5, 5.41) is 3.94. The molecular weight excluding hydrogens is 147 g/mol. The molecule has 0 bridgehead atoms. The third-order valence-corrected chi connectivity index (χ3v) is 0.598. The van der Waals surface area contributed by atoms with Gasteiger partial charge in [-0.3, -0.25) is 0 Å². The van der Waals surface area contributed by atoms with Gasteiger partial charge in [0.2, 0.25) is 5.84 Å². The number of halogens is 3. The van der Waals surface area contributed by atoms with Crippen molar-refractivity contribution in [2.24, 2.45) is 10.8 Å². The van der Waals surface area contributed by atoms with E-state index in [4.69, 9.17) is 0 Å². The molecule has 2 N–H and O–H groups in total. The van der Waals surface area contributed by atoms with Crippen LogP contribution < -0.4 is 5.73 Å². The molecule has 0 aliphatic carbocycles. The fourth-order valence-electron chi connectivity index (χ4n) is 0.272. The highest BCUT2D eigenvalue weighted by Gasteiger charge is 2.33. The van der Waals surface area contributed by atoms with Crippen molar-refractivity contribution < 1.29 is 13.2 Å². The fourth-order valence-corrected chi connectivity index (χ4v) is 0.272. The number of hydrogen-bond acceptors (Lipinski definition) is 2. The predicted octanol–water partition coefficient (Wildman–Crippen LogP) is 0.383. The van der Waals surface area contributed by atoms with E-state index in [1.54, 1.807) is 0 Å². The summed E-state index contributed by atoms with van der Waals surface area (Å²) in [7, 11) is 2.72. The number of rotatable bonds is 1. The summed E-state index contributed by atoms with van der Waals surface area (Å²) in [6.45, 7) is 0. The monoisotopic (exact) mass is 155 g/mol. The molecule has 0 unspecified atom stereocenters. The average molecular weight is 155 g/mol. The summed E-state index contributed by atoms with van der Waals surface area (Å²) >= 11 is 0. The lowest BCUT2D eigenvalue weighted by Crippen LogP contribution is -2.33. The molecule has 3 nitrogen and oxygen atoms in total. The van der Waals surface area contributed by atoms with Crippen LogP contribution in [0.25, 0.3) is 0 Å². The second kappa shape index (κ2) is 2.76. The Hall–Kier alpha value is -0.940. The standard InChI is InChI=1S/C4H8F3N3/c1-10(2)9-3(8)4(5,6)7/h1-2H3,(H2,8,9). The molecule has 0 aliphatic heterocycles. The summed E-state index contributed by atoms with van der Waals surface area (Å²) in [4.78, 5) is 0. The lowest BCUT2D eigenvalue weighted by Gasteiger charge is -2.08. The maximum atomic E-state index is 11.5. The van der Waals surface area contributed by atoms with Gasteiger partial charge in [0.05, 0.1) is 0 Å². The molecule has 60 valence electrons. The Balaban J connectivity index is 4.20. The molecule has 0 saturated carbocycles. The van der Waals surface area contributed by atoms with Crippen LogP contribution in [0.3, 0.4) is 0 Å². The molecule has 0 atom stereocenters. The summed E-state index contributed by atoms with van der Waals surface area (Å²) in [5.41, 5.74) is 4.54. The van der Waals surface area contributed by atoms with Crippen LogP contribution >= 0.6 is 0 Å². The first-order valence-corrected chi connectivity index (χ1v) is 2.42. The largest absolute Gasteiger partial charge is 0.450 e. The molecule has 0 aromatic carbocycles. The molecule has 0 aromatic heterocycles. The minimum Gasteiger partial charge on any atom is -0.378 e. The van der Waals surface area contributed by atoms with Crippen molar-refractivity contribution in [2.45, 2.75) is 6.18 Å². The van der Waals surface area contributed by atoms with Crippen LogP contribution in [-0.4, -0.2) is 31.1 Å². The van der Waals surface area contributed by atoms with Gasteiger partial charge in [0.1, 0.15) is 0 Å². The van der Waals surface area contributed by atoms with Gasteiger partial charge in [-0.25, -0.2) is 0 Å². The molecule has 0 radical (unpaired) electrons. The van der Waals surface area contributed by atoms with E-state index in [1.165, 1.54) is 14.1 Å². The minimum atomic E-state index is -4.52. The predicted molar refractivity (Wildman–Crippen MR) is 31.4 cm³/mol. The Labute approximate surface area is 56.3 Å². The highest BCUT2D eigenvalue weighted by atomic mass is 19.4. The van der Waals surface area contributed by atoms with E-state index in [-0.39, 0.29) is 0 Å². The van der Waals surface area contributed by atoms with Gasteiger partial charge in [0.15, 0.2) is 0 Å². The number of alkyl halides is 3. The molecule has 6 heteroatoms. The first-order chi connectivity index (χ1) is 4.34. The van der Waals surface area contributed by atoms with Crippen LogP contribution in [0.1, 0.15) is 0 Å². The zero-order valence-electron chi connectivity index (χ0n) is 5.61. The van der Waals surface area contributed by atoms with E-state index in [1.807, 2.05) is 0 Å². The van der Waals surface area contributed by atoms with Gasteiger partial charge < -0.3 is 10.7 Å². The smallest absolute Gasteiger partial charge is 0.378 e. The van der Waals surface area contributed by atoms with Crippen LogP contribution in [0.4, 0.5) is 13.2 Å². The number of hydrogen-bond donors (Lipinski definition) is 1. The lowest BCUT2D eigenvalue weighted by molar-refractivity contribution is -0.0610. The van der Waals surface area contributed by atoms with E-state index >= 15 is 0 Å². The third-order valence-electron chi connectivity index (χ3n) is 0.598. The Morgan fingerprint density at radius 3 is 1.90 bits per heavy atom. The van der Waals surface area contributed by atoms with Gasteiger partial charge in [-0.2, -0.15) is 18.3 Å². The topological polar surface area (TPSA) is 41.6 Å².